The fourth-order valence-electron chi connectivity index (χ4n) is 3.10. The summed E-state index contributed by atoms with van der Waals surface area (Å²) < 4.78 is 7.75. The largest absolute Gasteiger partial charge is 0.440 e. The van der Waals surface area contributed by atoms with Crippen molar-refractivity contribution in [3.05, 3.63) is 89.0 Å². The molecule has 0 aliphatic rings. The number of rotatable bonds is 5. The Hall–Kier alpha value is -3.45. The maximum atomic E-state index is 12.5. The molecule has 5 aromatic rings. The second kappa shape index (κ2) is 6.94. The van der Waals surface area contributed by atoms with Gasteiger partial charge in [0.15, 0.2) is 16.4 Å². The summed E-state index contributed by atoms with van der Waals surface area (Å²) in [5, 5.41) is 4.88. The highest BCUT2D eigenvalue weighted by molar-refractivity contribution is 7.15. The average Bonchev–Trinajstić information content (AvgIpc) is 3.40. The van der Waals surface area contributed by atoms with E-state index in [0.717, 1.165) is 16.2 Å². The van der Waals surface area contributed by atoms with Gasteiger partial charge in [0.05, 0.1) is 12.2 Å². The van der Waals surface area contributed by atoms with Gasteiger partial charge in [0, 0.05) is 29.8 Å². The van der Waals surface area contributed by atoms with E-state index in [1.807, 2.05) is 52.5 Å². The number of oxazole rings is 1. The van der Waals surface area contributed by atoms with Crippen molar-refractivity contribution in [3.8, 4) is 0 Å². The van der Waals surface area contributed by atoms with Gasteiger partial charge in [-0.25, -0.2) is 9.97 Å². The molecule has 28 heavy (non-hydrogen) atoms. The number of thiazole rings is 1. The molecule has 3 aromatic heterocycles. The van der Waals surface area contributed by atoms with Gasteiger partial charge in [-0.05, 0) is 23.8 Å². The lowest BCUT2D eigenvalue weighted by molar-refractivity contribution is 0.0950. The molecule has 0 aliphatic heterocycles. The minimum Gasteiger partial charge on any atom is -0.440 e. The van der Waals surface area contributed by atoms with Crippen LogP contribution < -0.4 is 5.32 Å². The fourth-order valence-corrected chi connectivity index (χ4v) is 3.82. The van der Waals surface area contributed by atoms with E-state index in [0.29, 0.717) is 35.5 Å². The molecule has 0 saturated heterocycles. The second-order valence-electron chi connectivity index (χ2n) is 6.46. The molecule has 5 rings (SSSR count). The number of carbonyl (C=O) groups excluding carboxylic acids is 1. The number of nitrogens with zero attached hydrogens (tertiary/aromatic N) is 3. The number of carbonyl (C=O) groups is 1. The van der Waals surface area contributed by atoms with Gasteiger partial charge in [-0.3, -0.25) is 9.20 Å². The van der Waals surface area contributed by atoms with E-state index < -0.39 is 0 Å². The first-order chi connectivity index (χ1) is 13.7. The van der Waals surface area contributed by atoms with E-state index in [2.05, 4.69) is 15.3 Å². The topological polar surface area (TPSA) is 72.4 Å². The van der Waals surface area contributed by atoms with Crippen LogP contribution in [0.1, 0.15) is 27.5 Å². The quantitative estimate of drug-likeness (QED) is 0.493. The van der Waals surface area contributed by atoms with Gasteiger partial charge in [0.2, 0.25) is 0 Å². The third-order valence-corrected chi connectivity index (χ3v) is 5.24. The Kier molecular flexibility index (Phi) is 4.14. The molecule has 0 bridgehead atoms. The Labute approximate surface area is 164 Å². The molecule has 7 heteroatoms. The molecular formula is C21H16N4O2S. The van der Waals surface area contributed by atoms with Gasteiger partial charge in [-0.2, -0.15) is 0 Å². The summed E-state index contributed by atoms with van der Waals surface area (Å²) in [6.45, 7) is 0.378. The van der Waals surface area contributed by atoms with Gasteiger partial charge in [0.1, 0.15) is 5.52 Å². The van der Waals surface area contributed by atoms with Crippen LogP contribution in [0.25, 0.3) is 16.1 Å². The summed E-state index contributed by atoms with van der Waals surface area (Å²) in [5.41, 5.74) is 3.87. The zero-order valence-corrected chi connectivity index (χ0v) is 15.6. The van der Waals surface area contributed by atoms with Crippen LogP contribution in [0.4, 0.5) is 0 Å². The monoisotopic (exact) mass is 388 g/mol. The Balaban J connectivity index is 1.30. The Morgan fingerprint density at radius 3 is 2.89 bits per heavy atom. The maximum Gasteiger partial charge on any atom is 0.251 e. The standard InChI is InChI=1S/C21H16N4O2S/c26-20(22-12-16-13-25-8-9-28-21(25)23-16)15-6-7-18-17(11-15)24-19(27-18)10-14-4-2-1-3-5-14/h1-9,11,13H,10,12H2,(H,22,26). The molecule has 1 amide bonds. The number of nitrogens with one attached hydrogen (secondary N) is 1. The summed E-state index contributed by atoms with van der Waals surface area (Å²) in [6, 6.07) is 15.3. The van der Waals surface area contributed by atoms with Crippen LogP contribution in [0.5, 0.6) is 0 Å². The maximum absolute atomic E-state index is 12.5. The number of fused-ring (bicyclic) bond motifs is 2. The smallest absolute Gasteiger partial charge is 0.251 e. The number of hydrogen-bond donors (Lipinski definition) is 1. The molecule has 0 atom stereocenters. The zero-order valence-electron chi connectivity index (χ0n) is 14.8. The predicted octanol–water partition coefficient (Wildman–Crippen LogP) is 4.06. The Morgan fingerprint density at radius 2 is 2.04 bits per heavy atom. The van der Waals surface area contributed by atoms with Crippen LogP contribution >= 0.6 is 11.3 Å². The van der Waals surface area contributed by atoms with E-state index in [4.69, 9.17) is 4.42 Å². The van der Waals surface area contributed by atoms with Crippen LogP contribution in [-0.2, 0) is 13.0 Å². The molecule has 0 spiro atoms. The molecule has 0 radical (unpaired) electrons. The number of hydrogen-bond acceptors (Lipinski definition) is 5. The van der Waals surface area contributed by atoms with Crippen molar-refractivity contribution in [1.82, 2.24) is 19.7 Å². The van der Waals surface area contributed by atoms with E-state index >= 15 is 0 Å². The SMILES string of the molecule is O=C(NCc1cn2ccsc2n1)c1ccc2oc(Cc3ccccc3)nc2c1. The van der Waals surface area contributed by atoms with Gasteiger partial charge in [-0.15, -0.1) is 11.3 Å². The highest BCUT2D eigenvalue weighted by atomic mass is 32.1. The normalized spacial score (nSPS) is 11.3. The van der Waals surface area contributed by atoms with E-state index in [1.165, 1.54) is 0 Å². The first kappa shape index (κ1) is 16.7. The fraction of sp³-hybridized carbons (Fsp3) is 0.0952. The summed E-state index contributed by atoms with van der Waals surface area (Å²) >= 11 is 1.56. The molecule has 0 saturated carbocycles. The average molecular weight is 388 g/mol. The molecule has 2 aromatic carbocycles. The van der Waals surface area contributed by atoms with E-state index in [-0.39, 0.29) is 5.91 Å². The minimum absolute atomic E-state index is 0.161. The lowest BCUT2D eigenvalue weighted by Crippen LogP contribution is -2.22. The van der Waals surface area contributed by atoms with E-state index in [1.54, 1.807) is 29.5 Å². The van der Waals surface area contributed by atoms with Gasteiger partial charge < -0.3 is 9.73 Å². The molecule has 138 valence electrons. The van der Waals surface area contributed by atoms with Crippen molar-refractivity contribution in [2.45, 2.75) is 13.0 Å². The van der Waals surface area contributed by atoms with Crippen molar-refractivity contribution in [2.24, 2.45) is 0 Å². The van der Waals surface area contributed by atoms with Crippen LogP contribution in [-0.4, -0.2) is 20.3 Å². The third kappa shape index (κ3) is 3.27. The zero-order chi connectivity index (χ0) is 18.9. The van der Waals surface area contributed by atoms with Crippen LogP contribution in [0.15, 0.2) is 70.7 Å². The first-order valence-corrected chi connectivity index (χ1v) is 9.75. The third-order valence-electron chi connectivity index (χ3n) is 4.47. The van der Waals surface area contributed by atoms with Gasteiger partial charge >= 0.3 is 0 Å². The summed E-state index contributed by atoms with van der Waals surface area (Å²) in [7, 11) is 0. The van der Waals surface area contributed by atoms with Crippen LogP contribution in [0.2, 0.25) is 0 Å². The molecule has 3 heterocycles. The van der Waals surface area contributed by atoms with Crippen molar-refractivity contribution < 1.29 is 9.21 Å². The lowest BCUT2D eigenvalue weighted by Gasteiger charge is -2.02. The van der Waals surface area contributed by atoms with Crippen LogP contribution in [0, 0.1) is 0 Å². The number of amides is 1. The number of imidazole rings is 1. The molecule has 1 N–H and O–H groups in total. The first-order valence-electron chi connectivity index (χ1n) is 8.87. The summed E-state index contributed by atoms with van der Waals surface area (Å²) in [5.74, 6) is 0.475. The van der Waals surface area contributed by atoms with Crippen molar-refractivity contribution in [2.75, 3.05) is 0 Å². The van der Waals surface area contributed by atoms with Crippen molar-refractivity contribution in [3.63, 3.8) is 0 Å². The highest BCUT2D eigenvalue weighted by Gasteiger charge is 2.12. The molecule has 0 fully saturated rings. The molecular weight excluding hydrogens is 372 g/mol. The number of benzene rings is 2. The Bertz CT molecular complexity index is 1240. The highest BCUT2D eigenvalue weighted by Crippen LogP contribution is 2.19. The van der Waals surface area contributed by atoms with Crippen LogP contribution in [0.3, 0.4) is 0 Å². The predicted molar refractivity (Wildman–Crippen MR) is 107 cm³/mol. The van der Waals surface area contributed by atoms with Crippen molar-refractivity contribution >= 4 is 33.3 Å². The Morgan fingerprint density at radius 1 is 1.14 bits per heavy atom. The van der Waals surface area contributed by atoms with E-state index in [9.17, 15) is 4.79 Å². The lowest BCUT2D eigenvalue weighted by atomic mass is 10.1. The minimum atomic E-state index is -0.161. The molecule has 6 nitrogen and oxygen atoms in total. The second-order valence-corrected chi connectivity index (χ2v) is 7.33. The van der Waals surface area contributed by atoms with Gasteiger partial charge in [0.25, 0.3) is 5.91 Å². The molecule has 0 aliphatic carbocycles. The summed E-state index contributed by atoms with van der Waals surface area (Å²) in [6.07, 6.45) is 4.49. The van der Waals surface area contributed by atoms with Crippen molar-refractivity contribution in [1.29, 1.82) is 0 Å². The molecule has 0 unspecified atom stereocenters. The van der Waals surface area contributed by atoms with Gasteiger partial charge in [-0.1, -0.05) is 30.3 Å². The summed E-state index contributed by atoms with van der Waals surface area (Å²) in [4.78, 5) is 22.4. The number of aromatic nitrogens is 3.